The molecular formula is C23H31NO2S. The molecule has 2 N–H and O–H groups in total. The maximum Gasteiger partial charge on any atom is 0.234 e. The number of hydrogen-bond acceptors (Lipinski definition) is 3. The summed E-state index contributed by atoms with van der Waals surface area (Å²) in [6, 6.07) is 14.0. The van der Waals surface area contributed by atoms with E-state index in [1.807, 2.05) is 24.3 Å². The van der Waals surface area contributed by atoms with Crippen LogP contribution in [0.5, 0.6) is 0 Å². The van der Waals surface area contributed by atoms with Crippen LogP contribution < -0.4 is 4.72 Å². The fourth-order valence-corrected chi connectivity index (χ4v) is 3.73. The van der Waals surface area contributed by atoms with Crippen LogP contribution in [-0.4, -0.2) is 11.0 Å². The molecule has 0 aliphatic carbocycles. The van der Waals surface area contributed by atoms with E-state index in [0.29, 0.717) is 18.3 Å². The molecular weight excluding hydrogens is 354 g/mol. The van der Waals surface area contributed by atoms with Gasteiger partial charge in [0.1, 0.15) is 0 Å². The van der Waals surface area contributed by atoms with E-state index >= 15 is 0 Å². The molecule has 146 valence electrons. The number of aliphatic hydroxyl groups is 1. The van der Waals surface area contributed by atoms with Crippen LogP contribution in [0.2, 0.25) is 0 Å². The normalized spacial score (nSPS) is 11.9. The highest BCUT2D eigenvalue weighted by atomic mass is 32.2. The van der Waals surface area contributed by atoms with Crippen LogP contribution in [0, 0.1) is 0 Å². The zero-order valence-corrected chi connectivity index (χ0v) is 18.0. The second-order valence-corrected chi connectivity index (χ2v) is 8.99. The molecule has 0 aliphatic rings. The van der Waals surface area contributed by atoms with Gasteiger partial charge in [-0.05, 0) is 72.0 Å². The van der Waals surface area contributed by atoms with Crippen molar-refractivity contribution in [1.29, 1.82) is 0 Å². The maximum absolute atomic E-state index is 12.6. The van der Waals surface area contributed by atoms with E-state index in [-0.39, 0.29) is 5.91 Å². The zero-order chi connectivity index (χ0) is 20.2. The minimum atomic E-state index is -0.861. The van der Waals surface area contributed by atoms with Crippen LogP contribution in [0.1, 0.15) is 75.6 Å². The average Bonchev–Trinajstić information content (AvgIpc) is 2.59. The molecule has 0 radical (unpaired) electrons. The molecule has 0 heterocycles. The molecule has 4 heteroatoms. The van der Waals surface area contributed by atoms with Crippen LogP contribution in [0.15, 0.2) is 47.4 Å². The fourth-order valence-electron chi connectivity index (χ4n) is 3.15. The van der Waals surface area contributed by atoms with E-state index in [1.54, 1.807) is 13.8 Å². The summed E-state index contributed by atoms with van der Waals surface area (Å²) in [5.74, 6) is 0.767. The Morgan fingerprint density at radius 2 is 1.52 bits per heavy atom. The second kappa shape index (κ2) is 8.94. The minimum absolute atomic E-state index is 0.00145. The first-order valence-electron chi connectivity index (χ1n) is 9.50. The summed E-state index contributed by atoms with van der Waals surface area (Å²) in [7, 11) is 0. The monoisotopic (exact) mass is 385 g/mol. The Morgan fingerprint density at radius 1 is 1.00 bits per heavy atom. The molecule has 0 saturated carbocycles. The Hall–Kier alpha value is -1.78. The smallest absolute Gasteiger partial charge is 0.234 e. The van der Waals surface area contributed by atoms with Crippen molar-refractivity contribution in [1.82, 2.24) is 4.72 Å². The predicted octanol–water partition coefficient (Wildman–Crippen LogP) is 5.53. The fraction of sp³-hybridized carbons (Fsp3) is 0.435. The Bertz CT molecular complexity index is 748. The number of benzene rings is 2. The Kier molecular flexibility index (Phi) is 7.12. The molecule has 2 rings (SSSR count). The van der Waals surface area contributed by atoms with Gasteiger partial charge in [-0.3, -0.25) is 9.52 Å². The highest BCUT2D eigenvalue weighted by Crippen LogP contribution is 2.28. The third kappa shape index (κ3) is 5.85. The lowest BCUT2D eigenvalue weighted by Gasteiger charge is -2.19. The lowest BCUT2D eigenvalue weighted by molar-refractivity contribution is -0.118. The zero-order valence-electron chi connectivity index (χ0n) is 17.2. The van der Waals surface area contributed by atoms with Gasteiger partial charge in [-0.25, -0.2) is 0 Å². The molecule has 0 aliphatic heterocycles. The van der Waals surface area contributed by atoms with Crippen molar-refractivity contribution in [3.05, 3.63) is 64.7 Å². The van der Waals surface area contributed by atoms with Gasteiger partial charge in [0.25, 0.3) is 0 Å². The topological polar surface area (TPSA) is 49.3 Å². The van der Waals surface area contributed by atoms with Gasteiger partial charge in [0.05, 0.1) is 12.0 Å². The Labute approximate surface area is 167 Å². The van der Waals surface area contributed by atoms with Crippen molar-refractivity contribution >= 4 is 17.9 Å². The maximum atomic E-state index is 12.6. The number of nitrogens with one attached hydrogen (secondary N) is 1. The van der Waals surface area contributed by atoms with E-state index in [0.717, 1.165) is 16.0 Å². The van der Waals surface area contributed by atoms with Gasteiger partial charge in [0.2, 0.25) is 5.91 Å². The van der Waals surface area contributed by atoms with Crippen molar-refractivity contribution in [2.75, 3.05) is 0 Å². The summed E-state index contributed by atoms with van der Waals surface area (Å²) in [5.41, 5.74) is 3.63. The predicted molar refractivity (Wildman–Crippen MR) is 114 cm³/mol. The van der Waals surface area contributed by atoms with Gasteiger partial charge in [-0.2, -0.15) is 0 Å². The average molecular weight is 386 g/mol. The summed E-state index contributed by atoms with van der Waals surface area (Å²) in [6.07, 6.45) is 0.386. The summed E-state index contributed by atoms with van der Waals surface area (Å²) in [4.78, 5) is 13.5. The highest BCUT2D eigenvalue weighted by Gasteiger charge is 2.17. The largest absolute Gasteiger partial charge is 0.386 e. The standard InChI is InChI=1S/C23H31NO2S/c1-15(2)19-8-7-9-20(16(3)4)21(19)14-22(25)24-27-18-12-10-17(11-13-18)23(5,6)26/h7-13,15-16,26H,14H2,1-6H3,(H,24,25). The number of carbonyl (C=O) groups is 1. The van der Waals surface area contributed by atoms with Gasteiger partial charge >= 0.3 is 0 Å². The first-order chi connectivity index (χ1) is 12.6. The summed E-state index contributed by atoms with van der Waals surface area (Å²) >= 11 is 1.31. The van der Waals surface area contributed by atoms with Crippen molar-refractivity contribution in [2.45, 2.75) is 70.3 Å². The summed E-state index contributed by atoms with van der Waals surface area (Å²) in [6.45, 7) is 12.2. The minimum Gasteiger partial charge on any atom is -0.386 e. The van der Waals surface area contributed by atoms with Crippen molar-refractivity contribution in [3.8, 4) is 0 Å². The lowest BCUT2D eigenvalue weighted by atomic mass is 9.87. The van der Waals surface area contributed by atoms with Crippen LogP contribution >= 0.6 is 11.9 Å². The molecule has 1 amide bonds. The molecule has 2 aromatic rings. The number of hydrogen-bond donors (Lipinski definition) is 2. The van der Waals surface area contributed by atoms with E-state index in [4.69, 9.17) is 0 Å². The summed E-state index contributed by atoms with van der Waals surface area (Å²) in [5, 5.41) is 10.0. The van der Waals surface area contributed by atoms with E-state index < -0.39 is 5.60 Å². The number of carbonyl (C=O) groups excluding carboxylic acids is 1. The van der Waals surface area contributed by atoms with Crippen molar-refractivity contribution in [3.63, 3.8) is 0 Å². The number of amides is 1. The van der Waals surface area contributed by atoms with Crippen LogP contribution in [0.3, 0.4) is 0 Å². The van der Waals surface area contributed by atoms with Crippen molar-refractivity contribution < 1.29 is 9.90 Å². The lowest BCUT2D eigenvalue weighted by Crippen LogP contribution is -2.20. The molecule has 0 aromatic heterocycles. The van der Waals surface area contributed by atoms with E-state index in [1.165, 1.54) is 23.1 Å². The van der Waals surface area contributed by atoms with E-state index in [2.05, 4.69) is 50.6 Å². The molecule has 0 saturated heterocycles. The number of rotatable bonds is 7. The van der Waals surface area contributed by atoms with Gasteiger partial charge < -0.3 is 5.11 Å². The SMILES string of the molecule is CC(C)c1cccc(C(C)C)c1CC(=O)NSc1ccc(C(C)(C)O)cc1. The molecule has 0 fully saturated rings. The Balaban J connectivity index is 2.08. The molecule has 3 nitrogen and oxygen atoms in total. The van der Waals surface area contributed by atoms with Gasteiger partial charge in [-0.15, -0.1) is 0 Å². The van der Waals surface area contributed by atoms with Gasteiger partial charge in [0.15, 0.2) is 0 Å². The molecule has 2 aromatic carbocycles. The van der Waals surface area contributed by atoms with Crippen LogP contribution in [0.4, 0.5) is 0 Å². The molecule has 0 unspecified atom stereocenters. The van der Waals surface area contributed by atoms with E-state index in [9.17, 15) is 9.90 Å². The van der Waals surface area contributed by atoms with Crippen LogP contribution in [-0.2, 0) is 16.8 Å². The molecule has 0 bridgehead atoms. The van der Waals surface area contributed by atoms with Gasteiger partial charge in [0, 0.05) is 4.90 Å². The molecule has 0 spiro atoms. The third-order valence-corrected chi connectivity index (χ3v) is 5.51. The second-order valence-electron chi connectivity index (χ2n) is 8.11. The summed E-state index contributed by atoms with van der Waals surface area (Å²) < 4.78 is 2.95. The van der Waals surface area contributed by atoms with Gasteiger partial charge in [-0.1, -0.05) is 58.0 Å². The highest BCUT2D eigenvalue weighted by molar-refractivity contribution is 7.98. The third-order valence-electron chi connectivity index (χ3n) is 4.67. The Morgan fingerprint density at radius 3 is 1.96 bits per heavy atom. The first-order valence-corrected chi connectivity index (χ1v) is 10.3. The van der Waals surface area contributed by atoms with Crippen LogP contribution in [0.25, 0.3) is 0 Å². The quantitative estimate of drug-likeness (QED) is 0.616. The van der Waals surface area contributed by atoms with Crippen molar-refractivity contribution in [2.24, 2.45) is 0 Å². The molecule has 27 heavy (non-hydrogen) atoms. The molecule has 0 atom stereocenters. The first kappa shape index (κ1) is 21.5.